The number of nitrogen functional groups attached to an aromatic ring is 1. The summed E-state index contributed by atoms with van der Waals surface area (Å²) in [5, 5.41) is 4.43. The van der Waals surface area contributed by atoms with E-state index < -0.39 is 0 Å². The highest BCUT2D eigenvalue weighted by Gasteiger charge is 2.22. The maximum atomic E-state index is 12.8. The van der Waals surface area contributed by atoms with Crippen LogP contribution in [-0.2, 0) is 12.8 Å². The fourth-order valence-electron chi connectivity index (χ4n) is 3.46. The summed E-state index contributed by atoms with van der Waals surface area (Å²) in [6.07, 6.45) is 3.18. The van der Waals surface area contributed by atoms with E-state index in [1.807, 2.05) is 19.1 Å². The first kappa shape index (κ1) is 17.3. The highest BCUT2D eigenvalue weighted by molar-refractivity contribution is 7.21. The Morgan fingerprint density at radius 2 is 2.23 bits per heavy atom. The number of benzene rings is 1. The SMILES string of the molecule is Cc1c(Cl)cccc1NC(=O)c1sc2nc3c(cc2c1N)CC(C)CC3. The Morgan fingerprint density at radius 1 is 1.42 bits per heavy atom. The van der Waals surface area contributed by atoms with Crippen molar-refractivity contribution in [2.24, 2.45) is 5.92 Å². The molecule has 3 N–H and O–H groups in total. The molecule has 0 bridgehead atoms. The van der Waals surface area contributed by atoms with Gasteiger partial charge in [-0.3, -0.25) is 4.79 Å². The van der Waals surface area contributed by atoms with Crippen molar-refractivity contribution in [1.82, 2.24) is 4.98 Å². The topological polar surface area (TPSA) is 68.0 Å². The molecule has 3 aromatic rings. The lowest BCUT2D eigenvalue weighted by Gasteiger charge is -2.20. The fourth-order valence-corrected chi connectivity index (χ4v) is 4.63. The molecule has 134 valence electrons. The number of amides is 1. The second-order valence-corrected chi connectivity index (χ2v) is 8.41. The van der Waals surface area contributed by atoms with Crippen LogP contribution in [0.4, 0.5) is 11.4 Å². The number of pyridine rings is 1. The third-order valence-electron chi connectivity index (χ3n) is 5.05. The monoisotopic (exact) mass is 385 g/mol. The number of rotatable bonds is 2. The van der Waals surface area contributed by atoms with Crippen LogP contribution in [0.15, 0.2) is 24.3 Å². The summed E-state index contributed by atoms with van der Waals surface area (Å²) in [6.45, 7) is 4.14. The Balaban J connectivity index is 1.71. The van der Waals surface area contributed by atoms with Gasteiger partial charge in [-0.05, 0) is 61.4 Å². The standard InChI is InChI=1S/C20H20ClN3OS/c1-10-6-7-16-12(8-10)9-13-17(22)18(26-20(13)24-16)19(25)23-15-5-3-4-14(21)11(15)2/h3-5,9-10H,6-8,22H2,1-2H3,(H,23,25). The molecule has 1 aliphatic rings. The number of halogens is 1. The Morgan fingerprint density at radius 3 is 3.04 bits per heavy atom. The van der Waals surface area contributed by atoms with Crippen molar-refractivity contribution >= 4 is 50.4 Å². The van der Waals surface area contributed by atoms with Crippen molar-refractivity contribution in [2.45, 2.75) is 33.1 Å². The normalized spacial score (nSPS) is 16.5. The number of aryl methyl sites for hydroxylation is 1. The summed E-state index contributed by atoms with van der Waals surface area (Å²) in [7, 11) is 0. The molecule has 1 atom stereocenters. The first-order valence-corrected chi connectivity index (χ1v) is 9.90. The highest BCUT2D eigenvalue weighted by Crippen LogP contribution is 2.37. The number of thiophene rings is 1. The van der Waals surface area contributed by atoms with Gasteiger partial charge in [0.2, 0.25) is 0 Å². The summed E-state index contributed by atoms with van der Waals surface area (Å²) in [6, 6.07) is 7.58. The van der Waals surface area contributed by atoms with Crippen molar-refractivity contribution in [3.63, 3.8) is 0 Å². The molecule has 1 aromatic carbocycles. The zero-order valence-electron chi connectivity index (χ0n) is 14.7. The van der Waals surface area contributed by atoms with Gasteiger partial charge >= 0.3 is 0 Å². The van der Waals surface area contributed by atoms with Crippen molar-refractivity contribution in [2.75, 3.05) is 11.1 Å². The molecule has 4 rings (SSSR count). The van der Waals surface area contributed by atoms with E-state index in [1.165, 1.54) is 16.9 Å². The van der Waals surface area contributed by atoms with Gasteiger partial charge in [-0.25, -0.2) is 4.98 Å². The maximum Gasteiger partial charge on any atom is 0.267 e. The molecule has 0 aliphatic heterocycles. The van der Waals surface area contributed by atoms with E-state index in [1.54, 1.807) is 6.07 Å². The minimum absolute atomic E-state index is 0.220. The lowest BCUT2D eigenvalue weighted by molar-refractivity contribution is 0.103. The summed E-state index contributed by atoms with van der Waals surface area (Å²) in [5.41, 5.74) is 10.8. The number of nitrogens with one attached hydrogen (secondary N) is 1. The van der Waals surface area contributed by atoms with Crippen LogP contribution in [0.25, 0.3) is 10.2 Å². The van der Waals surface area contributed by atoms with Crippen LogP contribution < -0.4 is 11.1 Å². The third kappa shape index (κ3) is 2.95. The molecule has 4 nitrogen and oxygen atoms in total. The molecule has 0 radical (unpaired) electrons. The quantitative estimate of drug-likeness (QED) is 0.635. The molecule has 2 heterocycles. The zero-order valence-corrected chi connectivity index (χ0v) is 16.3. The molecule has 26 heavy (non-hydrogen) atoms. The van der Waals surface area contributed by atoms with Gasteiger partial charge in [0.25, 0.3) is 5.91 Å². The molecule has 0 fully saturated rings. The van der Waals surface area contributed by atoms with E-state index in [0.717, 1.165) is 40.7 Å². The Kier molecular flexibility index (Phi) is 4.37. The van der Waals surface area contributed by atoms with E-state index in [9.17, 15) is 4.79 Å². The largest absolute Gasteiger partial charge is 0.397 e. The van der Waals surface area contributed by atoms with E-state index in [2.05, 4.69) is 18.3 Å². The van der Waals surface area contributed by atoms with Crippen molar-refractivity contribution < 1.29 is 4.79 Å². The lowest BCUT2D eigenvalue weighted by Crippen LogP contribution is -2.13. The maximum absolute atomic E-state index is 12.8. The molecule has 6 heteroatoms. The fraction of sp³-hybridized carbons (Fsp3) is 0.300. The number of fused-ring (bicyclic) bond motifs is 2. The summed E-state index contributed by atoms with van der Waals surface area (Å²) in [4.78, 5) is 18.9. The van der Waals surface area contributed by atoms with Crippen LogP contribution in [0.3, 0.4) is 0 Å². The molecule has 0 spiro atoms. The summed E-state index contributed by atoms with van der Waals surface area (Å²) < 4.78 is 0. The van der Waals surface area contributed by atoms with Gasteiger partial charge < -0.3 is 11.1 Å². The van der Waals surface area contributed by atoms with Gasteiger partial charge in [0.05, 0.1) is 5.69 Å². The van der Waals surface area contributed by atoms with Crippen LogP contribution in [0.2, 0.25) is 5.02 Å². The summed E-state index contributed by atoms with van der Waals surface area (Å²) >= 11 is 7.49. The molecule has 2 aromatic heterocycles. The van der Waals surface area contributed by atoms with Crippen LogP contribution >= 0.6 is 22.9 Å². The Hall–Kier alpha value is -2.11. The van der Waals surface area contributed by atoms with Gasteiger partial charge in [0.15, 0.2) is 0 Å². The van der Waals surface area contributed by atoms with E-state index >= 15 is 0 Å². The van der Waals surface area contributed by atoms with Crippen LogP contribution in [0, 0.1) is 12.8 Å². The molecular formula is C20H20ClN3OS. The number of anilines is 2. The van der Waals surface area contributed by atoms with Crippen molar-refractivity contribution in [3.05, 3.63) is 51.0 Å². The smallest absolute Gasteiger partial charge is 0.267 e. The van der Waals surface area contributed by atoms with Gasteiger partial charge in [-0.2, -0.15) is 0 Å². The van der Waals surface area contributed by atoms with Crippen molar-refractivity contribution in [1.29, 1.82) is 0 Å². The van der Waals surface area contributed by atoms with Crippen molar-refractivity contribution in [3.8, 4) is 0 Å². The summed E-state index contributed by atoms with van der Waals surface area (Å²) in [5.74, 6) is 0.442. The van der Waals surface area contributed by atoms with Gasteiger partial charge in [0.1, 0.15) is 9.71 Å². The third-order valence-corrected chi connectivity index (χ3v) is 6.58. The molecule has 1 unspecified atom stereocenters. The molecular weight excluding hydrogens is 366 g/mol. The first-order chi connectivity index (χ1) is 12.4. The van der Waals surface area contributed by atoms with Gasteiger partial charge in [0, 0.05) is 21.8 Å². The van der Waals surface area contributed by atoms with Crippen LogP contribution in [-0.4, -0.2) is 10.9 Å². The zero-order chi connectivity index (χ0) is 18.4. The number of carbonyl (C=O) groups is 1. The predicted molar refractivity (Wildman–Crippen MR) is 109 cm³/mol. The van der Waals surface area contributed by atoms with Gasteiger partial charge in [-0.15, -0.1) is 11.3 Å². The first-order valence-electron chi connectivity index (χ1n) is 8.71. The average Bonchev–Trinajstić information content (AvgIpc) is 2.93. The average molecular weight is 386 g/mol. The van der Waals surface area contributed by atoms with E-state index in [0.29, 0.717) is 27.2 Å². The number of nitrogens with zero attached hydrogens (tertiary/aromatic N) is 1. The highest BCUT2D eigenvalue weighted by atomic mass is 35.5. The molecule has 0 saturated carbocycles. The number of hydrogen-bond donors (Lipinski definition) is 2. The second kappa shape index (κ2) is 6.56. The van der Waals surface area contributed by atoms with Crippen LogP contribution in [0.1, 0.15) is 39.8 Å². The molecule has 1 amide bonds. The number of hydrogen-bond acceptors (Lipinski definition) is 4. The number of carbonyl (C=O) groups excluding carboxylic acids is 1. The Bertz CT molecular complexity index is 1030. The minimum Gasteiger partial charge on any atom is -0.397 e. The molecule has 1 aliphatic carbocycles. The number of aromatic nitrogens is 1. The molecule has 0 saturated heterocycles. The second-order valence-electron chi connectivity index (χ2n) is 7.01. The van der Waals surface area contributed by atoms with E-state index in [4.69, 9.17) is 22.3 Å². The minimum atomic E-state index is -0.220. The predicted octanol–water partition coefficient (Wildman–Crippen LogP) is 5.22. The Labute approximate surface area is 161 Å². The number of nitrogens with two attached hydrogens (primary N) is 1. The van der Waals surface area contributed by atoms with E-state index in [-0.39, 0.29) is 5.91 Å². The van der Waals surface area contributed by atoms with Crippen LogP contribution in [0.5, 0.6) is 0 Å². The lowest BCUT2D eigenvalue weighted by atomic mass is 9.87. The van der Waals surface area contributed by atoms with Gasteiger partial charge in [-0.1, -0.05) is 24.6 Å².